The fourth-order valence-corrected chi connectivity index (χ4v) is 1.39. The molecule has 2 rings (SSSR count). The molecule has 88 valence electrons. The summed E-state index contributed by atoms with van der Waals surface area (Å²) in [5, 5.41) is 8.60. The van der Waals surface area contributed by atoms with Crippen molar-refractivity contribution in [3.8, 4) is 0 Å². The molecule has 0 atom stereocenters. The van der Waals surface area contributed by atoms with Crippen LogP contribution in [0.2, 0.25) is 0 Å². The summed E-state index contributed by atoms with van der Waals surface area (Å²) in [6.45, 7) is 0. The third-order valence-electron chi connectivity index (χ3n) is 2.18. The first-order valence-corrected chi connectivity index (χ1v) is 4.88. The van der Waals surface area contributed by atoms with Crippen LogP contribution in [0.1, 0.15) is 5.56 Å². The minimum atomic E-state index is -0.729. The molecule has 0 unspecified atom stereocenters. The molecule has 0 saturated carbocycles. The summed E-state index contributed by atoms with van der Waals surface area (Å²) in [5.74, 6) is -1.96. The lowest BCUT2D eigenvalue weighted by Crippen LogP contribution is -2.15. The van der Waals surface area contributed by atoms with Gasteiger partial charge in [-0.3, -0.25) is 9.89 Å². The maximum atomic E-state index is 13.3. The van der Waals surface area contributed by atoms with E-state index < -0.39 is 17.5 Å². The molecule has 1 amide bonds. The monoisotopic (exact) mass is 237 g/mol. The van der Waals surface area contributed by atoms with E-state index in [-0.39, 0.29) is 12.0 Å². The first-order chi connectivity index (χ1) is 8.16. The van der Waals surface area contributed by atoms with Gasteiger partial charge in [-0.15, -0.1) is 0 Å². The van der Waals surface area contributed by atoms with Crippen LogP contribution in [0.25, 0.3) is 0 Å². The Morgan fingerprint density at radius 2 is 2.06 bits per heavy atom. The Morgan fingerprint density at radius 1 is 1.35 bits per heavy atom. The van der Waals surface area contributed by atoms with Gasteiger partial charge < -0.3 is 5.32 Å². The van der Waals surface area contributed by atoms with Crippen LogP contribution in [-0.2, 0) is 11.2 Å². The molecule has 17 heavy (non-hydrogen) atoms. The Bertz CT molecular complexity index is 505. The third kappa shape index (κ3) is 2.66. The largest absolute Gasteiger partial charge is 0.323 e. The quantitative estimate of drug-likeness (QED) is 0.856. The van der Waals surface area contributed by atoms with Crippen LogP contribution in [0, 0.1) is 11.6 Å². The summed E-state index contributed by atoms with van der Waals surface area (Å²) in [6.07, 6.45) is 2.51. The average molecular weight is 237 g/mol. The Kier molecular flexibility index (Phi) is 3.13. The number of nitrogens with one attached hydrogen (secondary N) is 2. The number of carbonyl (C=O) groups excluding carboxylic acids is 1. The molecule has 4 nitrogen and oxygen atoms in total. The number of aromatic amines is 1. The van der Waals surface area contributed by atoms with E-state index in [0.29, 0.717) is 5.69 Å². The highest BCUT2D eigenvalue weighted by atomic mass is 19.1. The van der Waals surface area contributed by atoms with Gasteiger partial charge in [0.2, 0.25) is 5.91 Å². The number of rotatable bonds is 3. The second-order valence-corrected chi connectivity index (χ2v) is 3.41. The third-order valence-corrected chi connectivity index (χ3v) is 2.18. The van der Waals surface area contributed by atoms with E-state index in [1.807, 2.05) is 0 Å². The van der Waals surface area contributed by atoms with E-state index in [4.69, 9.17) is 0 Å². The lowest BCUT2D eigenvalue weighted by molar-refractivity contribution is -0.115. The Morgan fingerprint density at radius 3 is 2.65 bits per heavy atom. The molecule has 0 aliphatic rings. The number of amides is 1. The van der Waals surface area contributed by atoms with Crippen LogP contribution in [0.5, 0.6) is 0 Å². The van der Waals surface area contributed by atoms with Crippen molar-refractivity contribution in [2.24, 2.45) is 0 Å². The zero-order valence-electron chi connectivity index (χ0n) is 8.71. The summed E-state index contributed by atoms with van der Waals surface area (Å²) in [7, 11) is 0. The number of H-pyrrole nitrogens is 1. The molecular formula is C11H9F2N3O. The topological polar surface area (TPSA) is 57.8 Å². The van der Waals surface area contributed by atoms with Crippen LogP contribution in [0.15, 0.2) is 30.6 Å². The van der Waals surface area contributed by atoms with Crippen molar-refractivity contribution in [3.05, 3.63) is 47.8 Å². The highest BCUT2D eigenvalue weighted by molar-refractivity contribution is 5.92. The van der Waals surface area contributed by atoms with Crippen LogP contribution in [-0.4, -0.2) is 16.1 Å². The van der Waals surface area contributed by atoms with Crippen LogP contribution in [0.4, 0.5) is 14.5 Å². The number of benzene rings is 1. The maximum absolute atomic E-state index is 13.3. The van der Waals surface area contributed by atoms with Gasteiger partial charge in [-0.25, -0.2) is 8.78 Å². The predicted molar refractivity (Wildman–Crippen MR) is 57.3 cm³/mol. The van der Waals surface area contributed by atoms with E-state index in [0.717, 1.165) is 12.1 Å². The van der Waals surface area contributed by atoms with Gasteiger partial charge in [0.15, 0.2) is 0 Å². The molecule has 0 radical (unpaired) electrons. The van der Waals surface area contributed by atoms with Gasteiger partial charge in [0.05, 0.1) is 18.3 Å². The second kappa shape index (κ2) is 4.73. The molecule has 1 aromatic carbocycles. The van der Waals surface area contributed by atoms with Crippen molar-refractivity contribution in [2.45, 2.75) is 6.42 Å². The van der Waals surface area contributed by atoms with Gasteiger partial charge in [0.1, 0.15) is 11.6 Å². The molecular weight excluding hydrogens is 228 g/mol. The van der Waals surface area contributed by atoms with Crippen LogP contribution < -0.4 is 5.32 Å². The average Bonchev–Trinajstić information content (AvgIpc) is 2.76. The van der Waals surface area contributed by atoms with Crippen molar-refractivity contribution < 1.29 is 13.6 Å². The summed E-state index contributed by atoms with van der Waals surface area (Å²) in [6, 6.07) is 3.48. The van der Waals surface area contributed by atoms with Gasteiger partial charge in [-0.2, -0.15) is 5.10 Å². The van der Waals surface area contributed by atoms with Gasteiger partial charge in [-0.1, -0.05) is 6.07 Å². The first-order valence-electron chi connectivity index (χ1n) is 4.88. The van der Waals surface area contributed by atoms with Gasteiger partial charge in [-0.05, 0) is 12.1 Å². The number of carbonyl (C=O) groups is 1. The highest BCUT2D eigenvalue weighted by Crippen LogP contribution is 2.13. The van der Waals surface area contributed by atoms with Crippen molar-refractivity contribution in [3.63, 3.8) is 0 Å². The zero-order valence-corrected chi connectivity index (χ0v) is 8.71. The molecule has 6 heteroatoms. The van der Waals surface area contributed by atoms with Crippen LogP contribution >= 0.6 is 0 Å². The molecule has 2 aromatic rings. The number of nitrogens with zero attached hydrogens (tertiary/aromatic N) is 1. The Hall–Kier alpha value is -2.24. The molecule has 0 aliphatic carbocycles. The molecule has 0 bridgehead atoms. The number of anilines is 1. The van der Waals surface area contributed by atoms with Gasteiger partial charge in [0, 0.05) is 11.8 Å². The summed E-state index contributed by atoms with van der Waals surface area (Å²) in [4.78, 5) is 11.5. The summed E-state index contributed by atoms with van der Waals surface area (Å²) >= 11 is 0. The van der Waals surface area contributed by atoms with E-state index in [1.54, 1.807) is 0 Å². The van der Waals surface area contributed by atoms with Gasteiger partial charge >= 0.3 is 0 Å². The predicted octanol–water partition coefficient (Wildman–Crippen LogP) is 1.87. The molecule has 0 saturated heterocycles. The number of hydrogen-bond acceptors (Lipinski definition) is 2. The molecule has 0 fully saturated rings. The number of hydrogen-bond donors (Lipinski definition) is 2. The summed E-state index contributed by atoms with van der Waals surface area (Å²) in [5.41, 5.74) is 0.209. The van der Waals surface area contributed by atoms with Crippen LogP contribution in [0.3, 0.4) is 0 Å². The van der Waals surface area contributed by atoms with Crippen molar-refractivity contribution in [1.29, 1.82) is 0 Å². The fourth-order valence-electron chi connectivity index (χ4n) is 1.39. The van der Waals surface area contributed by atoms with Crippen molar-refractivity contribution in [1.82, 2.24) is 10.2 Å². The van der Waals surface area contributed by atoms with E-state index in [9.17, 15) is 13.6 Å². The number of aromatic nitrogens is 2. The standard InChI is InChI=1S/C11H9F2N3O/c12-9-2-1-3-10(13)8(9)4-11(17)16-7-5-14-15-6-7/h1-3,5-6H,4H2,(H,14,15)(H,16,17). The lowest BCUT2D eigenvalue weighted by Gasteiger charge is -2.04. The SMILES string of the molecule is O=C(Cc1c(F)cccc1F)Nc1cn[nH]c1. The van der Waals surface area contributed by atoms with E-state index in [1.165, 1.54) is 18.5 Å². The molecule has 1 aromatic heterocycles. The first kappa shape index (κ1) is 11.3. The van der Waals surface area contributed by atoms with E-state index >= 15 is 0 Å². The van der Waals surface area contributed by atoms with Gasteiger partial charge in [0.25, 0.3) is 0 Å². The summed E-state index contributed by atoms with van der Waals surface area (Å²) < 4.78 is 26.5. The molecule has 0 aliphatic heterocycles. The number of halogens is 2. The Balaban J connectivity index is 2.08. The second-order valence-electron chi connectivity index (χ2n) is 3.41. The van der Waals surface area contributed by atoms with Crippen molar-refractivity contribution >= 4 is 11.6 Å². The highest BCUT2D eigenvalue weighted by Gasteiger charge is 2.13. The molecule has 1 heterocycles. The Labute approximate surface area is 95.7 Å². The molecule has 0 spiro atoms. The normalized spacial score (nSPS) is 10.2. The molecule has 2 N–H and O–H groups in total. The van der Waals surface area contributed by atoms with Crippen molar-refractivity contribution in [2.75, 3.05) is 5.32 Å². The fraction of sp³-hybridized carbons (Fsp3) is 0.0909. The minimum Gasteiger partial charge on any atom is -0.323 e. The van der Waals surface area contributed by atoms with E-state index in [2.05, 4.69) is 15.5 Å². The smallest absolute Gasteiger partial charge is 0.229 e. The maximum Gasteiger partial charge on any atom is 0.229 e. The minimum absolute atomic E-state index is 0.242. The lowest BCUT2D eigenvalue weighted by atomic mass is 10.1. The zero-order chi connectivity index (χ0) is 12.3.